The summed E-state index contributed by atoms with van der Waals surface area (Å²) >= 11 is 0. The van der Waals surface area contributed by atoms with Crippen molar-refractivity contribution >= 4 is 5.95 Å². The fraction of sp³-hybridized carbons (Fsp3) is 0.667. The minimum Gasteiger partial charge on any atom is -0.340 e. The van der Waals surface area contributed by atoms with E-state index in [9.17, 15) is 0 Å². The fourth-order valence-electron chi connectivity index (χ4n) is 2.33. The number of nitrogens with zero attached hydrogens (tertiary/aromatic N) is 3. The summed E-state index contributed by atoms with van der Waals surface area (Å²) in [5, 5.41) is 0. The highest BCUT2D eigenvalue weighted by atomic mass is 15.3. The quantitative estimate of drug-likeness (QED) is 0.826. The highest BCUT2D eigenvalue weighted by Crippen LogP contribution is 2.39. The van der Waals surface area contributed by atoms with Gasteiger partial charge in [-0.2, -0.15) is 0 Å². The molecule has 1 saturated heterocycles. The van der Waals surface area contributed by atoms with Gasteiger partial charge in [-0.1, -0.05) is 0 Å². The maximum Gasteiger partial charge on any atom is 0.225 e. The van der Waals surface area contributed by atoms with E-state index >= 15 is 0 Å². The molecule has 0 bridgehead atoms. The maximum absolute atomic E-state index is 5.69. The second kappa shape index (κ2) is 4.01. The molecule has 1 saturated carbocycles. The molecule has 2 aliphatic rings. The van der Waals surface area contributed by atoms with Gasteiger partial charge >= 0.3 is 0 Å². The van der Waals surface area contributed by atoms with Gasteiger partial charge in [-0.25, -0.2) is 9.97 Å². The van der Waals surface area contributed by atoms with Crippen molar-refractivity contribution in [3.8, 4) is 0 Å². The van der Waals surface area contributed by atoms with Gasteiger partial charge in [0.25, 0.3) is 0 Å². The number of anilines is 1. The lowest BCUT2D eigenvalue weighted by atomic mass is 10.1. The molecule has 0 aromatic carbocycles. The summed E-state index contributed by atoms with van der Waals surface area (Å²) in [6.45, 7) is 2.85. The molecule has 0 spiro atoms. The van der Waals surface area contributed by atoms with Crippen molar-refractivity contribution in [2.75, 3.05) is 24.5 Å². The largest absolute Gasteiger partial charge is 0.340 e. The molecule has 0 radical (unpaired) electrons. The van der Waals surface area contributed by atoms with Gasteiger partial charge in [0.05, 0.1) is 0 Å². The average molecular weight is 218 g/mol. The van der Waals surface area contributed by atoms with Crippen molar-refractivity contribution in [3.63, 3.8) is 0 Å². The lowest BCUT2D eigenvalue weighted by Crippen LogP contribution is -2.24. The molecule has 86 valence electrons. The van der Waals surface area contributed by atoms with Crippen LogP contribution >= 0.6 is 0 Å². The molecule has 3 rings (SSSR count). The fourth-order valence-corrected chi connectivity index (χ4v) is 2.33. The predicted octanol–water partition coefficient (Wildman–Crippen LogP) is 1.14. The third-order valence-corrected chi connectivity index (χ3v) is 3.56. The first-order chi connectivity index (χ1) is 7.86. The summed E-state index contributed by atoms with van der Waals surface area (Å²) in [5.74, 6) is 2.23. The third kappa shape index (κ3) is 1.89. The number of hydrogen-bond donors (Lipinski definition) is 1. The number of hydrogen-bond acceptors (Lipinski definition) is 4. The van der Waals surface area contributed by atoms with Crippen molar-refractivity contribution in [2.24, 2.45) is 11.7 Å². The summed E-state index contributed by atoms with van der Waals surface area (Å²) in [7, 11) is 0. The molecule has 1 aromatic heterocycles. The van der Waals surface area contributed by atoms with Crippen LogP contribution in [0.3, 0.4) is 0 Å². The van der Waals surface area contributed by atoms with E-state index in [4.69, 9.17) is 5.73 Å². The molecule has 4 nitrogen and oxygen atoms in total. The van der Waals surface area contributed by atoms with E-state index in [1.807, 2.05) is 6.20 Å². The highest BCUT2D eigenvalue weighted by Gasteiger charge is 2.27. The summed E-state index contributed by atoms with van der Waals surface area (Å²) in [4.78, 5) is 11.3. The number of rotatable bonds is 3. The van der Waals surface area contributed by atoms with Crippen LogP contribution in [0.1, 0.15) is 30.9 Å². The molecule has 16 heavy (non-hydrogen) atoms. The van der Waals surface area contributed by atoms with Crippen LogP contribution in [0.5, 0.6) is 0 Å². The minimum absolute atomic E-state index is 0.619. The van der Waals surface area contributed by atoms with Crippen molar-refractivity contribution in [2.45, 2.75) is 25.2 Å². The van der Waals surface area contributed by atoms with Crippen LogP contribution in [-0.4, -0.2) is 29.6 Å². The summed E-state index contributed by atoms with van der Waals surface area (Å²) in [6.07, 6.45) is 5.66. The SMILES string of the molecule is NCC1CCN(c2nccc(C3CC3)n2)C1. The molecule has 2 fully saturated rings. The Morgan fingerprint density at radius 2 is 2.25 bits per heavy atom. The van der Waals surface area contributed by atoms with Crippen LogP contribution in [0.4, 0.5) is 5.95 Å². The zero-order valence-electron chi connectivity index (χ0n) is 9.47. The summed E-state index contributed by atoms with van der Waals surface area (Å²) in [6, 6.07) is 2.05. The molecule has 1 unspecified atom stereocenters. The van der Waals surface area contributed by atoms with Crippen LogP contribution in [0.15, 0.2) is 12.3 Å². The van der Waals surface area contributed by atoms with Gasteiger partial charge < -0.3 is 10.6 Å². The number of nitrogens with two attached hydrogens (primary N) is 1. The van der Waals surface area contributed by atoms with E-state index in [2.05, 4.69) is 20.9 Å². The molecule has 2 N–H and O–H groups in total. The number of aromatic nitrogens is 2. The van der Waals surface area contributed by atoms with Gasteiger partial charge in [0.15, 0.2) is 0 Å². The Balaban J connectivity index is 1.76. The maximum atomic E-state index is 5.69. The lowest BCUT2D eigenvalue weighted by Gasteiger charge is -2.16. The van der Waals surface area contributed by atoms with E-state index in [0.717, 1.165) is 25.6 Å². The van der Waals surface area contributed by atoms with Gasteiger partial charge in [0.1, 0.15) is 0 Å². The minimum atomic E-state index is 0.619. The molecular formula is C12H18N4. The topological polar surface area (TPSA) is 55.0 Å². The molecule has 1 aromatic rings. The Bertz CT molecular complexity index is 375. The first-order valence-electron chi connectivity index (χ1n) is 6.15. The lowest BCUT2D eigenvalue weighted by molar-refractivity contribution is 0.601. The van der Waals surface area contributed by atoms with Gasteiger partial charge in [-0.3, -0.25) is 0 Å². The molecule has 0 amide bonds. The van der Waals surface area contributed by atoms with Crippen molar-refractivity contribution in [3.05, 3.63) is 18.0 Å². The molecule has 4 heteroatoms. The van der Waals surface area contributed by atoms with Gasteiger partial charge in [0, 0.05) is 30.9 Å². The third-order valence-electron chi connectivity index (χ3n) is 3.56. The zero-order valence-corrected chi connectivity index (χ0v) is 9.47. The molecule has 1 aliphatic carbocycles. The van der Waals surface area contributed by atoms with Crippen LogP contribution in [0.2, 0.25) is 0 Å². The Kier molecular flexibility index (Phi) is 2.52. The molecule has 1 aliphatic heterocycles. The Labute approximate surface area is 95.9 Å². The van der Waals surface area contributed by atoms with Crippen LogP contribution in [-0.2, 0) is 0 Å². The highest BCUT2D eigenvalue weighted by molar-refractivity contribution is 5.33. The van der Waals surface area contributed by atoms with Gasteiger partial charge in [0.2, 0.25) is 5.95 Å². The van der Waals surface area contributed by atoms with Gasteiger partial charge in [-0.15, -0.1) is 0 Å². The van der Waals surface area contributed by atoms with Crippen LogP contribution in [0, 0.1) is 5.92 Å². The molecule has 1 atom stereocenters. The van der Waals surface area contributed by atoms with Crippen molar-refractivity contribution in [1.82, 2.24) is 9.97 Å². The monoisotopic (exact) mass is 218 g/mol. The van der Waals surface area contributed by atoms with Crippen molar-refractivity contribution < 1.29 is 0 Å². The smallest absolute Gasteiger partial charge is 0.225 e. The first-order valence-corrected chi connectivity index (χ1v) is 6.15. The van der Waals surface area contributed by atoms with Crippen LogP contribution < -0.4 is 10.6 Å². The van der Waals surface area contributed by atoms with Crippen molar-refractivity contribution in [1.29, 1.82) is 0 Å². The van der Waals surface area contributed by atoms with Crippen LogP contribution in [0.25, 0.3) is 0 Å². The summed E-state index contributed by atoms with van der Waals surface area (Å²) < 4.78 is 0. The average Bonchev–Trinajstić information content (AvgIpc) is 3.07. The normalized spacial score (nSPS) is 25.1. The second-order valence-electron chi connectivity index (χ2n) is 4.89. The van der Waals surface area contributed by atoms with E-state index in [0.29, 0.717) is 11.8 Å². The first kappa shape index (κ1) is 10.0. The van der Waals surface area contributed by atoms with E-state index < -0.39 is 0 Å². The molecule has 2 heterocycles. The summed E-state index contributed by atoms with van der Waals surface area (Å²) in [5.41, 5.74) is 6.92. The molecular weight excluding hydrogens is 200 g/mol. The van der Waals surface area contributed by atoms with E-state index in [-0.39, 0.29) is 0 Å². The van der Waals surface area contributed by atoms with Gasteiger partial charge in [-0.05, 0) is 37.8 Å². The second-order valence-corrected chi connectivity index (χ2v) is 4.89. The zero-order chi connectivity index (χ0) is 11.0. The predicted molar refractivity (Wildman–Crippen MR) is 63.4 cm³/mol. The van der Waals surface area contributed by atoms with E-state index in [1.165, 1.54) is 25.0 Å². The Morgan fingerprint density at radius 3 is 2.94 bits per heavy atom. The van der Waals surface area contributed by atoms with E-state index in [1.54, 1.807) is 0 Å². The Morgan fingerprint density at radius 1 is 1.38 bits per heavy atom. The standard InChI is InChI=1S/C12H18N4/c13-7-9-4-6-16(8-9)12-14-5-3-11(15-12)10-1-2-10/h3,5,9-10H,1-2,4,6-8,13H2. The Hall–Kier alpha value is -1.16.